The van der Waals surface area contributed by atoms with E-state index < -0.39 is 17.9 Å². The molecule has 7 heteroatoms. The highest BCUT2D eigenvalue weighted by atomic mass is 16.5. The summed E-state index contributed by atoms with van der Waals surface area (Å²) in [5.74, 6) is -1.74. The van der Waals surface area contributed by atoms with Gasteiger partial charge in [-0.25, -0.2) is 4.79 Å². The third kappa shape index (κ3) is 3.65. The van der Waals surface area contributed by atoms with Crippen LogP contribution >= 0.6 is 0 Å². The quantitative estimate of drug-likeness (QED) is 0.683. The Bertz CT molecular complexity index is 502. The largest absolute Gasteiger partial charge is 0.480 e. The average Bonchev–Trinajstić information content (AvgIpc) is 2.26. The summed E-state index contributed by atoms with van der Waals surface area (Å²) in [6.07, 6.45) is 0. The topological polar surface area (TPSA) is 115 Å². The van der Waals surface area contributed by atoms with Crippen LogP contribution < -0.4 is 11.1 Å². The maximum absolute atomic E-state index is 11.4. The number of methoxy groups -OCH3 is 1. The molecule has 0 saturated heterocycles. The number of anilines is 1. The number of nitrogens with two attached hydrogens (primary N) is 1. The second-order valence-electron chi connectivity index (χ2n) is 4.13. The Kier molecular flexibility index (Phi) is 4.82. The summed E-state index contributed by atoms with van der Waals surface area (Å²) in [6.45, 7) is 3.35. The monoisotopic (exact) mass is 267 g/mol. The molecule has 0 bridgehead atoms. The first kappa shape index (κ1) is 14.9. The minimum Gasteiger partial charge on any atom is -0.480 e. The molecule has 0 radical (unpaired) electrons. The summed E-state index contributed by atoms with van der Waals surface area (Å²) >= 11 is 0. The number of primary amides is 1. The van der Waals surface area contributed by atoms with Gasteiger partial charge in [0.25, 0.3) is 5.91 Å². The maximum Gasteiger partial charge on any atom is 0.328 e. The van der Waals surface area contributed by atoms with E-state index in [0.29, 0.717) is 17.1 Å². The maximum atomic E-state index is 11.4. The highest BCUT2D eigenvalue weighted by Gasteiger charge is 2.21. The van der Waals surface area contributed by atoms with Crippen LogP contribution in [0.2, 0.25) is 0 Å². The zero-order valence-corrected chi connectivity index (χ0v) is 11.1. The molecule has 104 valence electrons. The Morgan fingerprint density at radius 2 is 2.16 bits per heavy atom. The van der Waals surface area contributed by atoms with Gasteiger partial charge < -0.3 is 20.9 Å². The Morgan fingerprint density at radius 3 is 2.63 bits per heavy atom. The van der Waals surface area contributed by atoms with E-state index in [9.17, 15) is 9.59 Å². The summed E-state index contributed by atoms with van der Waals surface area (Å²) < 4.78 is 4.82. The second kappa shape index (κ2) is 6.14. The molecule has 0 aliphatic heterocycles. The fraction of sp³-hybridized carbons (Fsp3) is 0.417. The van der Waals surface area contributed by atoms with E-state index in [1.807, 2.05) is 0 Å². The van der Waals surface area contributed by atoms with Gasteiger partial charge in [-0.2, -0.15) is 0 Å². The van der Waals surface area contributed by atoms with Crippen LogP contribution in [-0.4, -0.2) is 41.7 Å². The number of aliphatic carboxylic acids is 1. The first-order valence-corrected chi connectivity index (χ1v) is 5.63. The predicted molar refractivity (Wildman–Crippen MR) is 69.2 cm³/mol. The van der Waals surface area contributed by atoms with Crippen LogP contribution in [0.4, 0.5) is 5.69 Å². The number of carboxylic acid groups (broad SMARTS) is 1. The van der Waals surface area contributed by atoms with E-state index in [1.54, 1.807) is 19.9 Å². The summed E-state index contributed by atoms with van der Waals surface area (Å²) in [5.41, 5.74) is 6.94. The number of hydrogen-bond donors (Lipinski definition) is 3. The number of nitrogens with zero attached hydrogens (tertiary/aromatic N) is 1. The van der Waals surface area contributed by atoms with Gasteiger partial charge >= 0.3 is 5.97 Å². The van der Waals surface area contributed by atoms with Gasteiger partial charge in [-0.05, 0) is 19.9 Å². The smallest absolute Gasteiger partial charge is 0.328 e. The lowest BCUT2D eigenvalue weighted by Crippen LogP contribution is -2.34. The highest BCUT2D eigenvalue weighted by molar-refractivity contribution is 6.00. The van der Waals surface area contributed by atoms with Gasteiger partial charge in [-0.1, -0.05) is 0 Å². The zero-order chi connectivity index (χ0) is 14.6. The summed E-state index contributed by atoms with van der Waals surface area (Å²) in [6, 6.07) is 0.614. The number of carbonyl (C=O) groups excluding carboxylic acids is 1. The number of hydrogen-bond acceptors (Lipinski definition) is 5. The molecule has 1 aromatic rings. The Labute approximate surface area is 110 Å². The molecule has 0 saturated carbocycles. The van der Waals surface area contributed by atoms with Crippen LogP contribution in [0.25, 0.3) is 0 Å². The van der Waals surface area contributed by atoms with Crippen molar-refractivity contribution in [3.63, 3.8) is 0 Å². The fourth-order valence-electron chi connectivity index (χ4n) is 1.78. The molecular formula is C12H17N3O4. The van der Waals surface area contributed by atoms with Crippen molar-refractivity contribution in [2.45, 2.75) is 19.9 Å². The number of rotatable bonds is 6. The number of nitrogens with one attached hydrogen (secondary N) is 1. The molecule has 0 aliphatic rings. The molecular weight excluding hydrogens is 250 g/mol. The van der Waals surface area contributed by atoms with Crippen molar-refractivity contribution in [1.82, 2.24) is 4.98 Å². The van der Waals surface area contributed by atoms with Gasteiger partial charge in [0.1, 0.15) is 6.04 Å². The summed E-state index contributed by atoms with van der Waals surface area (Å²) in [5, 5.41) is 11.8. The van der Waals surface area contributed by atoms with Crippen LogP contribution in [0.1, 0.15) is 21.7 Å². The molecule has 1 aromatic heterocycles. The van der Waals surface area contributed by atoms with Crippen LogP contribution in [0, 0.1) is 13.8 Å². The van der Waals surface area contributed by atoms with Crippen LogP contribution in [0.5, 0.6) is 0 Å². The van der Waals surface area contributed by atoms with Crippen molar-refractivity contribution < 1.29 is 19.4 Å². The van der Waals surface area contributed by atoms with Crippen molar-refractivity contribution in [3.8, 4) is 0 Å². The van der Waals surface area contributed by atoms with Crippen molar-refractivity contribution in [3.05, 3.63) is 23.0 Å². The zero-order valence-electron chi connectivity index (χ0n) is 11.1. The van der Waals surface area contributed by atoms with Crippen molar-refractivity contribution in [2.75, 3.05) is 19.0 Å². The number of aryl methyl sites for hydroxylation is 2. The van der Waals surface area contributed by atoms with E-state index in [0.717, 1.165) is 0 Å². The molecule has 0 spiro atoms. The molecule has 1 unspecified atom stereocenters. The Balaban J connectivity index is 3.18. The molecule has 0 aliphatic carbocycles. The molecule has 1 heterocycles. The van der Waals surface area contributed by atoms with Gasteiger partial charge in [0.05, 0.1) is 23.6 Å². The number of aromatic nitrogens is 1. The Morgan fingerprint density at radius 1 is 1.53 bits per heavy atom. The normalized spacial score (nSPS) is 11.9. The van der Waals surface area contributed by atoms with Crippen molar-refractivity contribution in [1.29, 1.82) is 0 Å². The molecule has 7 nitrogen and oxygen atoms in total. The predicted octanol–water partition coefficient (Wildman–Crippen LogP) is 0.309. The molecule has 1 atom stereocenters. The lowest BCUT2D eigenvalue weighted by Gasteiger charge is -2.18. The van der Waals surface area contributed by atoms with Gasteiger partial charge in [0, 0.05) is 12.8 Å². The summed E-state index contributed by atoms with van der Waals surface area (Å²) in [4.78, 5) is 26.6. The van der Waals surface area contributed by atoms with E-state index in [-0.39, 0.29) is 12.2 Å². The minimum absolute atomic E-state index is 0.0338. The van der Waals surface area contributed by atoms with Gasteiger partial charge in [-0.3, -0.25) is 9.78 Å². The van der Waals surface area contributed by atoms with Gasteiger partial charge in [-0.15, -0.1) is 0 Å². The summed E-state index contributed by atoms with van der Waals surface area (Å²) in [7, 11) is 1.40. The van der Waals surface area contributed by atoms with E-state index in [4.69, 9.17) is 15.6 Å². The average molecular weight is 267 g/mol. The molecule has 19 heavy (non-hydrogen) atoms. The van der Waals surface area contributed by atoms with E-state index >= 15 is 0 Å². The van der Waals surface area contributed by atoms with Crippen molar-refractivity contribution >= 4 is 17.6 Å². The third-order valence-corrected chi connectivity index (χ3v) is 2.54. The Hall–Kier alpha value is -2.15. The molecule has 0 aromatic carbocycles. The number of ether oxygens (including phenoxy) is 1. The standard InChI is InChI=1S/C12H17N3O4/c1-6-4-8(10(11(13)16)7(2)14-6)15-9(5-19-3)12(17)18/h4,9H,5H2,1-3H3,(H2,13,16)(H,14,15)(H,17,18). The van der Waals surface area contributed by atoms with Crippen LogP contribution in [0.3, 0.4) is 0 Å². The van der Waals surface area contributed by atoms with Crippen molar-refractivity contribution in [2.24, 2.45) is 5.73 Å². The van der Waals surface area contributed by atoms with Crippen LogP contribution in [0.15, 0.2) is 6.07 Å². The van der Waals surface area contributed by atoms with Crippen LogP contribution in [-0.2, 0) is 9.53 Å². The van der Waals surface area contributed by atoms with Gasteiger partial charge in [0.15, 0.2) is 0 Å². The van der Waals surface area contributed by atoms with E-state index in [2.05, 4.69) is 10.3 Å². The minimum atomic E-state index is -1.08. The lowest BCUT2D eigenvalue weighted by atomic mass is 10.1. The lowest BCUT2D eigenvalue weighted by molar-refractivity contribution is -0.139. The molecule has 0 fully saturated rings. The first-order chi connectivity index (χ1) is 8.86. The second-order valence-corrected chi connectivity index (χ2v) is 4.13. The van der Waals surface area contributed by atoms with E-state index in [1.165, 1.54) is 7.11 Å². The fourth-order valence-corrected chi connectivity index (χ4v) is 1.78. The third-order valence-electron chi connectivity index (χ3n) is 2.54. The highest BCUT2D eigenvalue weighted by Crippen LogP contribution is 2.20. The first-order valence-electron chi connectivity index (χ1n) is 5.63. The number of carboxylic acids is 1. The SMILES string of the molecule is COCC(Nc1cc(C)nc(C)c1C(N)=O)C(=O)O. The number of amides is 1. The molecule has 1 amide bonds. The number of pyridine rings is 1. The number of carbonyl (C=O) groups is 2. The molecule has 1 rings (SSSR count). The van der Waals surface area contributed by atoms with Gasteiger partial charge in [0.2, 0.25) is 0 Å². The molecule has 4 N–H and O–H groups in total.